The van der Waals surface area contributed by atoms with Gasteiger partial charge in [-0.2, -0.15) is 0 Å². The molecule has 1 unspecified atom stereocenters. The molecule has 100 valence electrons. The second-order valence-corrected chi connectivity index (χ2v) is 4.87. The van der Waals surface area contributed by atoms with Crippen LogP contribution < -0.4 is 0 Å². The average Bonchev–Trinajstić information content (AvgIpc) is 2.26. The Balaban J connectivity index is 2.52. The van der Waals surface area contributed by atoms with Gasteiger partial charge in [0, 0.05) is 0 Å². The minimum atomic E-state index is -0.534. The van der Waals surface area contributed by atoms with Crippen LogP contribution in [0.2, 0.25) is 0 Å². The van der Waals surface area contributed by atoms with Crippen molar-refractivity contribution in [2.75, 3.05) is 0 Å². The number of hydrogen-bond acceptors (Lipinski definition) is 3. The highest BCUT2D eigenvalue weighted by Gasteiger charge is 2.16. The van der Waals surface area contributed by atoms with Gasteiger partial charge in [-0.15, -0.1) is 0 Å². The van der Waals surface area contributed by atoms with Gasteiger partial charge in [0.25, 0.3) is 0 Å². The molecule has 0 saturated heterocycles. The van der Waals surface area contributed by atoms with E-state index in [0.29, 0.717) is 6.61 Å². The monoisotopic (exact) mass is 250 g/mol. The quantitative estimate of drug-likeness (QED) is 0.753. The number of hydrogen-bond donors (Lipinski definition) is 0. The Morgan fingerprint density at radius 2 is 1.89 bits per heavy atom. The number of benzene rings is 1. The van der Waals surface area contributed by atoms with Crippen LogP contribution in [0.4, 0.5) is 0 Å². The maximum atomic E-state index is 11.6. The van der Waals surface area contributed by atoms with Crippen molar-refractivity contribution < 1.29 is 14.3 Å². The summed E-state index contributed by atoms with van der Waals surface area (Å²) in [5.74, 6) is -0.310. The first-order valence-electron chi connectivity index (χ1n) is 6.28. The Morgan fingerprint density at radius 3 is 2.44 bits per heavy atom. The highest BCUT2D eigenvalue weighted by molar-refractivity contribution is 5.74. The minimum Gasteiger partial charge on any atom is -0.461 e. The second kappa shape index (κ2) is 6.55. The van der Waals surface area contributed by atoms with Gasteiger partial charge in [0.15, 0.2) is 6.10 Å². The van der Waals surface area contributed by atoms with Gasteiger partial charge in [-0.1, -0.05) is 23.8 Å². The minimum absolute atomic E-state index is 0.107. The van der Waals surface area contributed by atoms with Gasteiger partial charge in [0.1, 0.15) is 0 Å². The third-order valence-corrected chi connectivity index (χ3v) is 2.67. The van der Waals surface area contributed by atoms with Crippen LogP contribution in [-0.2, 0) is 20.9 Å². The smallest absolute Gasteiger partial charge is 0.335 e. The SMILES string of the molecule is Cc1ccc(COC(C)C(=O)OC(C)C)c(C)c1. The molecule has 0 N–H and O–H groups in total. The van der Waals surface area contributed by atoms with Gasteiger partial charge in [-0.25, -0.2) is 4.79 Å². The Morgan fingerprint density at radius 1 is 1.22 bits per heavy atom. The molecule has 0 aromatic heterocycles. The van der Waals surface area contributed by atoms with Crippen molar-refractivity contribution in [2.24, 2.45) is 0 Å². The summed E-state index contributed by atoms with van der Waals surface area (Å²) in [5.41, 5.74) is 3.51. The summed E-state index contributed by atoms with van der Waals surface area (Å²) in [7, 11) is 0. The van der Waals surface area contributed by atoms with Crippen molar-refractivity contribution in [3.05, 3.63) is 34.9 Å². The zero-order valence-corrected chi connectivity index (χ0v) is 11.8. The molecular formula is C15H22O3. The summed E-state index contributed by atoms with van der Waals surface area (Å²) >= 11 is 0. The summed E-state index contributed by atoms with van der Waals surface area (Å²) in [6, 6.07) is 6.18. The van der Waals surface area contributed by atoms with Crippen LogP contribution in [0.15, 0.2) is 18.2 Å². The summed E-state index contributed by atoms with van der Waals surface area (Å²) in [4.78, 5) is 11.6. The fraction of sp³-hybridized carbons (Fsp3) is 0.533. The van der Waals surface area contributed by atoms with Crippen LogP contribution in [0, 0.1) is 13.8 Å². The lowest BCUT2D eigenvalue weighted by Crippen LogP contribution is -2.25. The summed E-state index contributed by atoms with van der Waals surface area (Å²) in [5, 5.41) is 0. The number of rotatable bonds is 5. The number of carbonyl (C=O) groups is 1. The normalized spacial score (nSPS) is 12.6. The van der Waals surface area contributed by atoms with E-state index in [0.717, 1.165) is 5.56 Å². The maximum Gasteiger partial charge on any atom is 0.335 e. The predicted octanol–water partition coefficient (Wildman–Crippen LogP) is 3.16. The van der Waals surface area contributed by atoms with Crippen molar-refractivity contribution >= 4 is 5.97 Å². The van der Waals surface area contributed by atoms with E-state index in [1.54, 1.807) is 6.92 Å². The Kier molecular flexibility index (Phi) is 5.35. The first kappa shape index (κ1) is 14.7. The zero-order chi connectivity index (χ0) is 13.7. The molecule has 0 bridgehead atoms. The number of ether oxygens (including phenoxy) is 2. The van der Waals surface area contributed by atoms with E-state index in [-0.39, 0.29) is 12.1 Å². The molecule has 0 aliphatic carbocycles. The molecule has 0 saturated carbocycles. The molecule has 1 aromatic rings. The van der Waals surface area contributed by atoms with Crippen LogP contribution in [0.25, 0.3) is 0 Å². The second-order valence-electron chi connectivity index (χ2n) is 4.87. The summed E-state index contributed by atoms with van der Waals surface area (Å²) in [6.45, 7) is 9.90. The zero-order valence-electron chi connectivity index (χ0n) is 11.8. The number of carbonyl (C=O) groups excluding carboxylic acids is 1. The standard InChI is InChI=1S/C15H22O3/c1-10(2)18-15(16)13(5)17-9-14-7-6-11(3)8-12(14)4/h6-8,10,13H,9H2,1-5H3. The van der Waals surface area contributed by atoms with Crippen molar-refractivity contribution in [1.29, 1.82) is 0 Å². The van der Waals surface area contributed by atoms with Gasteiger partial charge < -0.3 is 9.47 Å². The molecule has 1 atom stereocenters. The summed E-state index contributed by atoms with van der Waals surface area (Å²) in [6.07, 6.45) is -0.641. The molecule has 0 radical (unpaired) electrons. The first-order valence-corrected chi connectivity index (χ1v) is 6.28. The molecule has 0 aliphatic heterocycles. The van der Waals surface area contributed by atoms with Gasteiger partial charge in [0.05, 0.1) is 12.7 Å². The molecule has 18 heavy (non-hydrogen) atoms. The van der Waals surface area contributed by atoms with E-state index >= 15 is 0 Å². The maximum absolute atomic E-state index is 11.6. The predicted molar refractivity (Wildman–Crippen MR) is 71.4 cm³/mol. The van der Waals surface area contributed by atoms with Crippen LogP contribution in [0.1, 0.15) is 37.5 Å². The molecule has 1 aromatic carbocycles. The highest BCUT2D eigenvalue weighted by Crippen LogP contribution is 2.13. The first-order chi connectivity index (χ1) is 8.40. The van der Waals surface area contributed by atoms with Crippen LogP contribution >= 0.6 is 0 Å². The molecule has 0 spiro atoms. The third kappa shape index (κ3) is 4.49. The van der Waals surface area contributed by atoms with E-state index in [1.807, 2.05) is 32.9 Å². The van der Waals surface area contributed by atoms with Crippen molar-refractivity contribution in [2.45, 2.75) is 53.4 Å². The average molecular weight is 250 g/mol. The molecular weight excluding hydrogens is 228 g/mol. The van der Waals surface area contributed by atoms with E-state index < -0.39 is 6.10 Å². The highest BCUT2D eigenvalue weighted by atomic mass is 16.6. The van der Waals surface area contributed by atoms with Gasteiger partial charge in [-0.05, 0) is 45.7 Å². The molecule has 1 rings (SSSR count). The molecule has 0 aliphatic rings. The van der Waals surface area contributed by atoms with Crippen molar-refractivity contribution in [1.82, 2.24) is 0 Å². The van der Waals surface area contributed by atoms with Crippen LogP contribution in [0.3, 0.4) is 0 Å². The Bertz CT molecular complexity index is 410. The van der Waals surface area contributed by atoms with E-state index in [1.165, 1.54) is 11.1 Å². The largest absolute Gasteiger partial charge is 0.461 e. The molecule has 0 heterocycles. The molecule has 3 nitrogen and oxygen atoms in total. The van der Waals surface area contributed by atoms with Crippen LogP contribution in [0.5, 0.6) is 0 Å². The summed E-state index contributed by atoms with van der Waals surface area (Å²) < 4.78 is 10.6. The Hall–Kier alpha value is -1.35. The van der Waals surface area contributed by atoms with Crippen molar-refractivity contribution in [3.8, 4) is 0 Å². The molecule has 3 heteroatoms. The number of esters is 1. The lowest BCUT2D eigenvalue weighted by atomic mass is 10.1. The third-order valence-electron chi connectivity index (χ3n) is 2.67. The van der Waals surface area contributed by atoms with Gasteiger partial charge >= 0.3 is 5.97 Å². The lowest BCUT2D eigenvalue weighted by molar-refractivity contribution is -0.160. The lowest BCUT2D eigenvalue weighted by Gasteiger charge is -2.15. The molecule has 0 amide bonds. The topological polar surface area (TPSA) is 35.5 Å². The van der Waals surface area contributed by atoms with Gasteiger partial charge in [0.2, 0.25) is 0 Å². The fourth-order valence-corrected chi connectivity index (χ4v) is 1.62. The fourth-order valence-electron chi connectivity index (χ4n) is 1.62. The van der Waals surface area contributed by atoms with Crippen molar-refractivity contribution in [3.63, 3.8) is 0 Å². The van der Waals surface area contributed by atoms with E-state index in [2.05, 4.69) is 13.0 Å². The van der Waals surface area contributed by atoms with E-state index in [4.69, 9.17) is 9.47 Å². The van der Waals surface area contributed by atoms with Gasteiger partial charge in [-0.3, -0.25) is 0 Å². The van der Waals surface area contributed by atoms with E-state index in [9.17, 15) is 4.79 Å². The number of aryl methyl sites for hydroxylation is 2. The molecule has 0 fully saturated rings. The Labute approximate surface area is 109 Å². The van der Waals surface area contributed by atoms with Crippen LogP contribution in [-0.4, -0.2) is 18.2 Å².